The summed E-state index contributed by atoms with van der Waals surface area (Å²) < 4.78 is 0. The van der Waals surface area contributed by atoms with Crippen LogP contribution in [0.15, 0.2) is 0 Å². The van der Waals surface area contributed by atoms with Gasteiger partial charge in [0.2, 0.25) is 0 Å². The van der Waals surface area contributed by atoms with Gasteiger partial charge in [-0.3, -0.25) is 0 Å². The Bertz CT molecular complexity index is 151. The van der Waals surface area contributed by atoms with E-state index in [4.69, 9.17) is 0 Å². The van der Waals surface area contributed by atoms with E-state index in [0.29, 0.717) is 0 Å². The highest BCUT2D eigenvalue weighted by molar-refractivity contribution is 4.86. The van der Waals surface area contributed by atoms with E-state index in [2.05, 4.69) is 11.8 Å². The Labute approximate surface area is 82.5 Å². The molecule has 0 bridgehead atoms. The summed E-state index contributed by atoms with van der Waals surface area (Å²) in [6.45, 7) is 5.12. The second-order valence-corrected chi connectivity index (χ2v) is 4.79. The van der Waals surface area contributed by atoms with Crippen LogP contribution in [0.1, 0.15) is 51.9 Å². The van der Waals surface area contributed by atoms with Crippen molar-refractivity contribution in [1.82, 2.24) is 4.90 Å². The molecule has 13 heavy (non-hydrogen) atoms. The Balaban J connectivity index is 1.94. The lowest BCUT2D eigenvalue weighted by atomic mass is 9.81. The van der Waals surface area contributed by atoms with Crippen LogP contribution in [-0.2, 0) is 0 Å². The highest BCUT2D eigenvalue weighted by Crippen LogP contribution is 2.33. The Morgan fingerprint density at radius 1 is 1.08 bits per heavy atom. The van der Waals surface area contributed by atoms with Gasteiger partial charge in [-0.15, -0.1) is 0 Å². The molecule has 2 aliphatic heterocycles. The Kier molecular flexibility index (Phi) is 3.26. The second-order valence-electron chi connectivity index (χ2n) is 4.79. The fourth-order valence-electron chi connectivity index (χ4n) is 3.28. The van der Waals surface area contributed by atoms with E-state index in [9.17, 15) is 0 Å². The molecule has 2 aliphatic rings. The van der Waals surface area contributed by atoms with Crippen LogP contribution >= 0.6 is 0 Å². The summed E-state index contributed by atoms with van der Waals surface area (Å²) in [5.41, 5.74) is 0. The fourth-order valence-corrected chi connectivity index (χ4v) is 3.28. The highest BCUT2D eigenvalue weighted by Gasteiger charge is 2.31. The average molecular weight is 181 g/mol. The number of piperidine rings is 2. The van der Waals surface area contributed by atoms with Gasteiger partial charge in [0.05, 0.1) is 0 Å². The van der Waals surface area contributed by atoms with Crippen LogP contribution in [-0.4, -0.2) is 24.0 Å². The standard InChI is InChI=1S/C12H23N/c1-2-6-11-7-5-10-13-9-4-3-8-12(11)13/h11-12H,2-10H2,1H3. The Morgan fingerprint density at radius 3 is 2.77 bits per heavy atom. The molecule has 0 spiro atoms. The fraction of sp³-hybridized carbons (Fsp3) is 1.00. The lowest BCUT2D eigenvalue weighted by Gasteiger charge is -2.44. The monoisotopic (exact) mass is 181 g/mol. The minimum atomic E-state index is 0.974. The molecular formula is C12H23N. The summed E-state index contributed by atoms with van der Waals surface area (Å²) in [4.78, 5) is 2.77. The number of fused-ring (bicyclic) bond motifs is 1. The van der Waals surface area contributed by atoms with Crippen LogP contribution in [0, 0.1) is 5.92 Å². The maximum absolute atomic E-state index is 2.77. The average Bonchev–Trinajstić information content (AvgIpc) is 2.19. The smallest absolute Gasteiger partial charge is 0.0123 e. The first-order chi connectivity index (χ1) is 6.42. The van der Waals surface area contributed by atoms with Gasteiger partial charge in [0.25, 0.3) is 0 Å². The van der Waals surface area contributed by atoms with Crippen molar-refractivity contribution >= 4 is 0 Å². The van der Waals surface area contributed by atoms with Gasteiger partial charge >= 0.3 is 0 Å². The molecule has 0 aromatic heterocycles. The van der Waals surface area contributed by atoms with Crippen LogP contribution in [0.25, 0.3) is 0 Å². The van der Waals surface area contributed by atoms with Crippen LogP contribution in [0.5, 0.6) is 0 Å². The van der Waals surface area contributed by atoms with Crippen molar-refractivity contribution in [2.75, 3.05) is 13.1 Å². The summed E-state index contributed by atoms with van der Waals surface area (Å²) in [5, 5.41) is 0. The molecule has 2 fully saturated rings. The summed E-state index contributed by atoms with van der Waals surface area (Å²) in [7, 11) is 0. The topological polar surface area (TPSA) is 3.24 Å². The van der Waals surface area contributed by atoms with E-state index < -0.39 is 0 Å². The van der Waals surface area contributed by atoms with Gasteiger partial charge in [0, 0.05) is 6.04 Å². The van der Waals surface area contributed by atoms with Crippen molar-refractivity contribution in [2.45, 2.75) is 57.9 Å². The molecule has 1 heteroatoms. The second kappa shape index (κ2) is 4.45. The lowest BCUT2D eigenvalue weighted by molar-refractivity contribution is 0.0555. The quantitative estimate of drug-likeness (QED) is 0.633. The van der Waals surface area contributed by atoms with Gasteiger partial charge in [0.15, 0.2) is 0 Å². The third kappa shape index (κ3) is 2.07. The van der Waals surface area contributed by atoms with E-state index in [1.165, 1.54) is 58.0 Å². The Morgan fingerprint density at radius 2 is 1.92 bits per heavy atom. The molecule has 2 rings (SSSR count). The zero-order valence-electron chi connectivity index (χ0n) is 8.97. The van der Waals surface area contributed by atoms with Crippen molar-refractivity contribution in [3.05, 3.63) is 0 Å². The number of rotatable bonds is 2. The Hall–Kier alpha value is -0.0400. The van der Waals surface area contributed by atoms with Crippen LogP contribution < -0.4 is 0 Å². The molecule has 2 heterocycles. The molecule has 0 aromatic rings. The molecule has 1 nitrogen and oxygen atoms in total. The third-order valence-corrected chi connectivity index (χ3v) is 3.89. The zero-order chi connectivity index (χ0) is 9.10. The summed E-state index contributed by atoms with van der Waals surface area (Å²) in [6, 6.07) is 0.974. The molecule has 0 saturated carbocycles. The van der Waals surface area contributed by atoms with E-state index in [1.54, 1.807) is 0 Å². The predicted octanol–water partition coefficient (Wildman–Crippen LogP) is 3.05. The zero-order valence-corrected chi connectivity index (χ0v) is 8.97. The van der Waals surface area contributed by atoms with Gasteiger partial charge in [-0.1, -0.05) is 19.8 Å². The van der Waals surface area contributed by atoms with Crippen molar-refractivity contribution in [3.8, 4) is 0 Å². The maximum Gasteiger partial charge on any atom is 0.0123 e. The van der Waals surface area contributed by atoms with E-state index in [1.807, 2.05) is 0 Å². The minimum absolute atomic E-state index is 0.974. The van der Waals surface area contributed by atoms with E-state index in [0.717, 1.165) is 12.0 Å². The lowest BCUT2D eigenvalue weighted by Crippen LogP contribution is -2.47. The summed E-state index contributed by atoms with van der Waals surface area (Å²) >= 11 is 0. The predicted molar refractivity (Wildman–Crippen MR) is 56.8 cm³/mol. The molecule has 0 aliphatic carbocycles. The maximum atomic E-state index is 2.77. The minimum Gasteiger partial charge on any atom is -0.300 e. The molecule has 76 valence electrons. The van der Waals surface area contributed by atoms with Gasteiger partial charge in [-0.05, 0) is 51.1 Å². The number of nitrogens with zero attached hydrogens (tertiary/aromatic N) is 1. The largest absolute Gasteiger partial charge is 0.300 e. The molecule has 2 unspecified atom stereocenters. The van der Waals surface area contributed by atoms with Crippen molar-refractivity contribution in [2.24, 2.45) is 5.92 Å². The SMILES string of the molecule is CCCC1CCCN2CCCCC12. The van der Waals surface area contributed by atoms with Gasteiger partial charge in [0.1, 0.15) is 0 Å². The first-order valence-electron chi connectivity index (χ1n) is 6.16. The third-order valence-electron chi connectivity index (χ3n) is 3.89. The van der Waals surface area contributed by atoms with Crippen LogP contribution in [0.4, 0.5) is 0 Å². The molecule has 0 radical (unpaired) electrons. The molecule has 0 N–H and O–H groups in total. The van der Waals surface area contributed by atoms with Crippen LogP contribution in [0.2, 0.25) is 0 Å². The van der Waals surface area contributed by atoms with Crippen molar-refractivity contribution < 1.29 is 0 Å². The van der Waals surface area contributed by atoms with Gasteiger partial charge in [-0.2, -0.15) is 0 Å². The number of hydrogen-bond acceptors (Lipinski definition) is 1. The molecular weight excluding hydrogens is 158 g/mol. The molecule has 2 saturated heterocycles. The summed E-state index contributed by atoms with van der Waals surface area (Å²) in [5.74, 6) is 1.04. The molecule has 0 amide bonds. The first-order valence-corrected chi connectivity index (χ1v) is 6.16. The first kappa shape index (κ1) is 9.51. The van der Waals surface area contributed by atoms with Gasteiger partial charge < -0.3 is 4.90 Å². The number of hydrogen-bond donors (Lipinski definition) is 0. The van der Waals surface area contributed by atoms with E-state index >= 15 is 0 Å². The summed E-state index contributed by atoms with van der Waals surface area (Å²) in [6.07, 6.45) is 10.3. The van der Waals surface area contributed by atoms with Crippen LogP contribution in [0.3, 0.4) is 0 Å². The van der Waals surface area contributed by atoms with Crippen molar-refractivity contribution in [1.29, 1.82) is 0 Å². The highest BCUT2D eigenvalue weighted by atomic mass is 15.2. The molecule has 0 aromatic carbocycles. The van der Waals surface area contributed by atoms with Crippen molar-refractivity contribution in [3.63, 3.8) is 0 Å². The normalized spacial score (nSPS) is 35.8. The molecule has 2 atom stereocenters. The van der Waals surface area contributed by atoms with Gasteiger partial charge in [-0.25, -0.2) is 0 Å². The van der Waals surface area contributed by atoms with E-state index in [-0.39, 0.29) is 0 Å².